The van der Waals surface area contributed by atoms with Gasteiger partial charge >= 0.3 is 0 Å². The van der Waals surface area contributed by atoms with E-state index in [-0.39, 0.29) is 5.54 Å². The van der Waals surface area contributed by atoms with Crippen LogP contribution >= 0.6 is 0 Å². The zero-order valence-corrected chi connectivity index (χ0v) is 11.3. The fourth-order valence-corrected chi connectivity index (χ4v) is 4.03. The molecular weight excluding hydrogens is 230 g/mol. The monoisotopic (exact) mass is 249 g/mol. The fraction of sp³-hybridized carbons (Fsp3) is 0.333. The highest BCUT2D eigenvalue weighted by molar-refractivity contribution is 5.49. The molecule has 0 bridgehead atoms. The standard InChI is InChI=1S/C18H19N/c1-14-12-17-18(19(17)13-14,15-8-4-2-5-9-15)16-10-6-3-7-11-16/h2-11,14,17H,12-13H2,1H3. The Labute approximate surface area is 114 Å². The van der Waals surface area contributed by atoms with Gasteiger partial charge in [0.2, 0.25) is 0 Å². The molecule has 0 spiro atoms. The Morgan fingerprint density at radius 2 is 1.42 bits per heavy atom. The van der Waals surface area contributed by atoms with Crippen LogP contribution in [-0.4, -0.2) is 17.5 Å². The third-order valence-corrected chi connectivity index (χ3v) is 4.81. The van der Waals surface area contributed by atoms with Crippen molar-refractivity contribution in [2.45, 2.75) is 24.9 Å². The van der Waals surface area contributed by atoms with Crippen LogP contribution in [0.3, 0.4) is 0 Å². The van der Waals surface area contributed by atoms with E-state index in [0.29, 0.717) is 6.04 Å². The van der Waals surface area contributed by atoms with Crippen molar-refractivity contribution in [2.24, 2.45) is 5.92 Å². The summed E-state index contributed by atoms with van der Waals surface area (Å²) < 4.78 is 0. The van der Waals surface area contributed by atoms with E-state index in [1.54, 1.807) is 0 Å². The van der Waals surface area contributed by atoms with Gasteiger partial charge in [-0.15, -0.1) is 0 Å². The summed E-state index contributed by atoms with van der Waals surface area (Å²) in [6, 6.07) is 22.7. The van der Waals surface area contributed by atoms with Gasteiger partial charge in [0.05, 0.1) is 5.54 Å². The summed E-state index contributed by atoms with van der Waals surface area (Å²) in [5, 5.41) is 0. The number of fused-ring (bicyclic) bond motifs is 1. The average molecular weight is 249 g/mol. The third kappa shape index (κ3) is 1.45. The number of benzene rings is 2. The van der Waals surface area contributed by atoms with Crippen molar-refractivity contribution in [3.05, 3.63) is 71.8 Å². The van der Waals surface area contributed by atoms with E-state index in [4.69, 9.17) is 0 Å². The Hall–Kier alpha value is -1.60. The molecule has 2 aromatic carbocycles. The minimum Gasteiger partial charge on any atom is -0.283 e. The average Bonchev–Trinajstić information content (AvgIpc) is 2.89. The van der Waals surface area contributed by atoms with E-state index in [2.05, 4.69) is 72.5 Å². The fourth-order valence-electron chi connectivity index (χ4n) is 4.03. The van der Waals surface area contributed by atoms with Crippen LogP contribution in [0.4, 0.5) is 0 Å². The number of hydrogen-bond acceptors (Lipinski definition) is 1. The molecule has 0 N–H and O–H groups in total. The molecule has 2 fully saturated rings. The summed E-state index contributed by atoms with van der Waals surface area (Å²) in [7, 11) is 0. The Morgan fingerprint density at radius 3 is 1.84 bits per heavy atom. The van der Waals surface area contributed by atoms with Crippen LogP contribution in [0.2, 0.25) is 0 Å². The molecular formula is C18H19N. The molecule has 2 saturated heterocycles. The molecule has 0 aromatic heterocycles. The van der Waals surface area contributed by atoms with Crippen molar-refractivity contribution in [1.29, 1.82) is 0 Å². The first-order valence-electron chi connectivity index (χ1n) is 7.21. The largest absolute Gasteiger partial charge is 0.283 e. The van der Waals surface area contributed by atoms with Crippen molar-refractivity contribution >= 4 is 0 Å². The normalized spacial score (nSPS) is 30.9. The van der Waals surface area contributed by atoms with Crippen molar-refractivity contribution in [3.63, 3.8) is 0 Å². The first-order chi connectivity index (χ1) is 9.33. The minimum absolute atomic E-state index is 0.162. The predicted octanol–water partition coefficient (Wildman–Crippen LogP) is 3.65. The van der Waals surface area contributed by atoms with Crippen LogP contribution in [0.5, 0.6) is 0 Å². The summed E-state index contributed by atoms with van der Waals surface area (Å²) >= 11 is 0. The maximum Gasteiger partial charge on any atom is 0.0877 e. The summed E-state index contributed by atoms with van der Waals surface area (Å²) in [5.41, 5.74) is 3.07. The highest BCUT2D eigenvalue weighted by Gasteiger charge is 2.67. The number of piperidine rings is 1. The zero-order chi connectivity index (χ0) is 12.9. The van der Waals surface area contributed by atoms with Crippen LogP contribution < -0.4 is 0 Å². The Bertz CT molecular complexity index is 522. The molecule has 2 aliphatic heterocycles. The topological polar surface area (TPSA) is 3.01 Å². The SMILES string of the molecule is CC1CC2N(C1)C2(c1ccccc1)c1ccccc1. The van der Waals surface area contributed by atoms with E-state index in [0.717, 1.165) is 5.92 Å². The summed E-state index contributed by atoms with van der Waals surface area (Å²) in [5.74, 6) is 0.838. The molecule has 3 unspecified atom stereocenters. The lowest BCUT2D eigenvalue weighted by molar-refractivity contribution is 0.411. The van der Waals surface area contributed by atoms with Gasteiger partial charge in [-0.3, -0.25) is 4.90 Å². The molecule has 1 nitrogen and oxygen atoms in total. The highest BCUT2D eigenvalue weighted by Crippen LogP contribution is 2.60. The van der Waals surface area contributed by atoms with E-state index in [9.17, 15) is 0 Å². The smallest absolute Gasteiger partial charge is 0.0877 e. The molecule has 3 atom stereocenters. The molecule has 2 aliphatic rings. The lowest BCUT2D eigenvalue weighted by Crippen LogP contribution is -2.24. The van der Waals surface area contributed by atoms with Crippen molar-refractivity contribution < 1.29 is 0 Å². The molecule has 0 aliphatic carbocycles. The Kier molecular flexibility index (Phi) is 2.33. The zero-order valence-electron chi connectivity index (χ0n) is 11.3. The molecule has 4 rings (SSSR count). The van der Waals surface area contributed by atoms with Crippen LogP contribution in [-0.2, 0) is 5.54 Å². The molecule has 2 aromatic rings. The van der Waals surface area contributed by atoms with E-state index in [1.165, 1.54) is 24.1 Å². The summed E-state index contributed by atoms with van der Waals surface area (Å²) in [4.78, 5) is 2.68. The van der Waals surface area contributed by atoms with Crippen molar-refractivity contribution in [1.82, 2.24) is 4.90 Å². The molecule has 0 radical (unpaired) electrons. The molecule has 1 heteroatoms. The van der Waals surface area contributed by atoms with Gasteiger partial charge in [0.1, 0.15) is 0 Å². The van der Waals surface area contributed by atoms with Gasteiger partial charge in [0.15, 0.2) is 0 Å². The Balaban J connectivity index is 1.84. The number of rotatable bonds is 2. The maximum absolute atomic E-state index is 2.68. The second kappa shape index (κ2) is 3.94. The predicted molar refractivity (Wildman–Crippen MR) is 77.9 cm³/mol. The molecule has 19 heavy (non-hydrogen) atoms. The van der Waals surface area contributed by atoms with E-state index < -0.39 is 0 Å². The lowest BCUT2D eigenvalue weighted by atomic mass is 9.83. The van der Waals surface area contributed by atoms with Crippen LogP contribution in [0.15, 0.2) is 60.7 Å². The van der Waals surface area contributed by atoms with Gasteiger partial charge in [0.25, 0.3) is 0 Å². The highest BCUT2D eigenvalue weighted by atomic mass is 15.4. The van der Waals surface area contributed by atoms with Gasteiger partial charge in [0, 0.05) is 12.6 Å². The first kappa shape index (κ1) is 11.2. The molecule has 0 saturated carbocycles. The molecule has 0 amide bonds. The van der Waals surface area contributed by atoms with Gasteiger partial charge in [-0.1, -0.05) is 67.6 Å². The van der Waals surface area contributed by atoms with E-state index >= 15 is 0 Å². The van der Waals surface area contributed by atoms with Crippen molar-refractivity contribution in [2.75, 3.05) is 6.54 Å². The maximum atomic E-state index is 2.68. The number of hydrogen-bond donors (Lipinski definition) is 0. The molecule has 96 valence electrons. The number of nitrogens with zero attached hydrogens (tertiary/aromatic N) is 1. The second-order valence-electron chi connectivity index (χ2n) is 6.01. The Morgan fingerprint density at radius 1 is 0.895 bits per heavy atom. The minimum atomic E-state index is 0.162. The van der Waals surface area contributed by atoms with Gasteiger partial charge in [-0.2, -0.15) is 0 Å². The summed E-state index contributed by atoms with van der Waals surface area (Å²) in [6.07, 6.45) is 1.32. The van der Waals surface area contributed by atoms with Crippen LogP contribution in [0.25, 0.3) is 0 Å². The second-order valence-corrected chi connectivity index (χ2v) is 6.01. The van der Waals surface area contributed by atoms with Gasteiger partial charge in [-0.25, -0.2) is 0 Å². The summed E-state index contributed by atoms with van der Waals surface area (Å²) in [6.45, 7) is 3.60. The molecule has 2 heterocycles. The van der Waals surface area contributed by atoms with Crippen LogP contribution in [0.1, 0.15) is 24.5 Å². The first-order valence-corrected chi connectivity index (χ1v) is 7.21. The lowest BCUT2D eigenvalue weighted by Gasteiger charge is -2.23. The van der Waals surface area contributed by atoms with E-state index in [1.807, 2.05) is 0 Å². The van der Waals surface area contributed by atoms with Gasteiger partial charge < -0.3 is 0 Å². The van der Waals surface area contributed by atoms with Crippen molar-refractivity contribution in [3.8, 4) is 0 Å². The van der Waals surface area contributed by atoms with Crippen LogP contribution in [0, 0.1) is 5.92 Å². The third-order valence-electron chi connectivity index (χ3n) is 4.81. The van der Waals surface area contributed by atoms with Gasteiger partial charge in [-0.05, 0) is 23.5 Å². The quantitative estimate of drug-likeness (QED) is 0.734.